The predicted octanol–water partition coefficient (Wildman–Crippen LogP) is 4.16. The van der Waals surface area contributed by atoms with Gasteiger partial charge in [-0.05, 0) is 57.9 Å². The molecule has 3 aromatic heterocycles. The molecule has 0 unspecified atom stereocenters. The molecule has 10 nitrogen and oxygen atoms in total. The number of carbonyl (C=O) groups is 2. The Bertz CT molecular complexity index is 1400. The first-order valence-corrected chi connectivity index (χ1v) is 11.7. The summed E-state index contributed by atoms with van der Waals surface area (Å²) in [4.78, 5) is 28.3. The quantitative estimate of drug-likeness (QED) is 0.387. The number of hydrogen-bond acceptors (Lipinski definition) is 7. The number of carbonyl (C=O) groups excluding carboxylic acids is 2. The Kier molecular flexibility index (Phi) is 7.05. The second kappa shape index (κ2) is 10.2. The standard InChI is InChI=1S/C26H30N6O4/c1-6-35-23(33)15-31-13-21(12-29-31)20-10-22-24(28-16-30-32(22)14-20)18-7-8-19(17(2)9-18)11-27-25(34)36-26(3,4)5/h7-10,12-14,16H,6,11,15H2,1-5H3,(H,27,34). The molecule has 0 spiro atoms. The SMILES string of the molecule is CCOC(=O)Cn1cc(-c2cc3c(-c4ccc(CNC(=O)OC(C)(C)C)c(C)c4)ncnn3c2)cn1. The summed E-state index contributed by atoms with van der Waals surface area (Å²) >= 11 is 0. The first kappa shape index (κ1) is 24.9. The largest absolute Gasteiger partial charge is 0.465 e. The van der Waals surface area contributed by atoms with E-state index in [9.17, 15) is 9.59 Å². The first-order valence-electron chi connectivity index (χ1n) is 11.7. The lowest BCUT2D eigenvalue weighted by atomic mass is 10.0. The van der Waals surface area contributed by atoms with E-state index in [0.717, 1.165) is 39.0 Å². The topological polar surface area (TPSA) is 113 Å². The van der Waals surface area contributed by atoms with E-state index >= 15 is 0 Å². The Morgan fingerprint density at radius 1 is 1.06 bits per heavy atom. The van der Waals surface area contributed by atoms with Crippen LogP contribution in [0, 0.1) is 6.92 Å². The maximum absolute atomic E-state index is 12.0. The molecule has 10 heteroatoms. The number of fused-ring (bicyclic) bond motifs is 1. The lowest BCUT2D eigenvalue weighted by Crippen LogP contribution is -2.32. The summed E-state index contributed by atoms with van der Waals surface area (Å²) in [5.74, 6) is -0.331. The highest BCUT2D eigenvalue weighted by atomic mass is 16.6. The van der Waals surface area contributed by atoms with Crippen molar-refractivity contribution in [3.05, 3.63) is 60.3 Å². The van der Waals surface area contributed by atoms with Crippen molar-refractivity contribution in [3.8, 4) is 22.4 Å². The van der Waals surface area contributed by atoms with Crippen LogP contribution in [0.5, 0.6) is 0 Å². The number of hydrogen-bond donors (Lipinski definition) is 1. The van der Waals surface area contributed by atoms with Crippen molar-refractivity contribution in [2.24, 2.45) is 0 Å². The maximum Gasteiger partial charge on any atom is 0.407 e. The Balaban J connectivity index is 1.55. The molecule has 0 aliphatic carbocycles. The summed E-state index contributed by atoms with van der Waals surface area (Å²) in [6.07, 6.45) is 6.48. The Labute approximate surface area is 209 Å². The van der Waals surface area contributed by atoms with Gasteiger partial charge in [-0.15, -0.1) is 0 Å². The number of aromatic nitrogens is 5. The van der Waals surface area contributed by atoms with Gasteiger partial charge in [0.1, 0.15) is 18.5 Å². The number of ether oxygens (including phenoxy) is 2. The van der Waals surface area contributed by atoms with Gasteiger partial charge >= 0.3 is 12.1 Å². The summed E-state index contributed by atoms with van der Waals surface area (Å²) in [6.45, 7) is 10.0. The Morgan fingerprint density at radius 3 is 2.58 bits per heavy atom. The van der Waals surface area contributed by atoms with Crippen molar-refractivity contribution in [3.63, 3.8) is 0 Å². The van der Waals surface area contributed by atoms with E-state index < -0.39 is 11.7 Å². The number of esters is 1. The van der Waals surface area contributed by atoms with Gasteiger partial charge in [-0.2, -0.15) is 10.2 Å². The zero-order valence-corrected chi connectivity index (χ0v) is 21.1. The minimum atomic E-state index is -0.545. The zero-order chi connectivity index (χ0) is 25.9. The van der Waals surface area contributed by atoms with Crippen LogP contribution in [0.15, 0.2) is 49.2 Å². The van der Waals surface area contributed by atoms with Gasteiger partial charge in [0.25, 0.3) is 0 Å². The lowest BCUT2D eigenvalue weighted by Gasteiger charge is -2.20. The monoisotopic (exact) mass is 490 g/mol. The number of alkyl carbamates (subject to hydrolysis) is 1. The molecule has 36 heavy (non-hydrogen) atoms. The smallest absolute Gasteiger partial charge is 0.407 e. The fourth-order valence-electron chi connectivity index (χ4n) is 3.77. The average Bonchev–Trinajstić information content (AvgIpc) is 3.44. The fourth-order valence-corrected chi connectivity index (χ4v) is 3.77. The molecule has 1 amide bonds. The Hall–Kier alpha value is -4.21. The molecule has 0 aliphatic heterocycles. The molecular weight excluding hydrogens is 460 g/mol. The van der Waals surface area contributed by atoms with Gasteiger partial charge in [0.05, 0.1) is 24.0 Å². The molecule has 0 saturated carbocycles. The predicted molar refractivity (Wildman–Crippen MR) is 134 cm³/mol. The third-order valence-electron chi connectivity index (χ3n) is 5.41. The van der Waals surface area contributed by atoms with Crippen molar-refractivity contribution in [1.82, 2.24) is 29.7 Å². The van der Waals surface area contributed by atoms with E-state index in [1.807, 2.05) is 58.2 Å². The molecule has 0 bridgehead atoms. The highest BCUT2D eigenvalue weighted by Gasteiger charge is 2.17. The van der Waals surface area contributed by atoms with Crippen molar-refractivity contribution >= 4 is 17.6 Å². The van der Waals surface area contributed by atoms with Gasteiger partial charge in [-0.1, -0.05) is 12.1 Å². The van der Waals surface area contributed by atoms with Crippen LogP contribution in [0.1, 0.15) is 38.8 Å². The second-order valence-electron chi connectivity index (χ2n) is 9.40. The van der Waals surface area contributed by atoms with Crippen molar-refractivity contribution in [2.45, 2.75) is 53.3 Å². The molecule has 4 rings (SSSR count). The minimum absolute atomic E-state index is 0.0562. The normalized spacial score (nSPS) is 11.5. The molecular formula is C26H30N6O4. The second-order valence-corrected chi connectivity index (χ2v) is 9.40. The van der Waals surface area contributed by atoms with Gasteiger partial charge in [-0.25, -0.2) is 14.3 Å². The molecule has 3 heterocycles. The highest BCUT2D eigenvalue weighted by Crippen LogP contribution is 2.29. The summed E-state index contributed by atoms with van der Waals surface area (Å²) < 4.78 is 13.6. The third kappa shape index (κ3) is 5.88. The highest BCUT2D eigenvalue weighted by molar-refractivity contribution is 5.81. The number of aryl methyl sites for hydroxylation is 1. The van der Waals surface area contributed by atoms with E-state index in [1.54, 1.807) is 28.5 Å². The average molecular weight is 491 g/mol. The van der Waals surface area contributed by atoms with Crippen LogP contribution in [0.25, 0.3) is 27.9 Å². The number of rotatable bonds is 7. The number of nitrogens with zero attached hydrogens (tertiary/aromatic N) is 5. The number of benzene rings is 1. The number of nitrogens with one attached hydrogen (secondary N) is 1. The molecule has 1 aromatic carbocycles. The van der Waals surface area contributed by atoms with Crippen LogP contribution in [0.4, 0.5) is 4.79 Å². The molecule has 4 aromatic rings. The van der Waals surface area contributed by atoms with E-state index in [1.165, 1.54) is 6.33 Å². The van der Waals surface area contributed by atoms with Crippen LogP contribution < -0.4 is 5.32 Å². The van der Waals surface area contributed by atoms with Gasteiger partial charge in [-0.3, -0.25) is 9.48 Å². The molecule has 0 fully saturated rings. The van der Waals surface area contributed by atoms with Crippen LogP contribution >= 0.6 is 0 Å². The third-order valence-corrected chi connectivity index (χ3v) is 5.41. The van der Waals surface area contributed by atoms with Crippen molar-refractivity contribution in [1.29, 1.82) is 0 Å². The van der Waals surface area contributed by atoms with Crippen LogP contribution in [0.2, 0.25) is 0 Å². The molecule has 0 aliphatic rings. The van der Waals surface area contributed by atoms with Gasteiger partial charge < -0.3 is 14.8 Å². The zero-order valence-electron chi connectivity index (χ0n) is 21.1. The van der Waals surface area contributed by atoms with Gasteiger partial charge in [0, 0.05) is 35.6 Å². The van der Waals surface area contributed by atoms with E-state index in [-0.39, 0.29) is 12.5 Å². The molecule has 0 atom stereocenters. The van der Waals surface area contributed by atoms with Crippen molar-refractivity contribution < 1.29 is 19.1 Å². The van der Waals surface area contributed by atoms with Crippen LogP contribution in [0.3, 0.4) is 0 Å². The molecule has 188 valence electrons. The minimum Gasteiger partial charge on any atom is -0.465 e. The molecule has 0 radical (unpaired) electrons. The lowest BCUT2D eigenvalue weighted by molar-refractivity contribution is -0.144. The van der Waals surface area contributed by atoms with Crippen molar-refractivity contribution in [2.75, 3.05) is 6.61 Å². The number of amides is 1. The molecule has 1 N–H and O–H groups in total. The van der Waals surface area contributed by atoms with Crippen LogP contribution in [-0.4, -0.2) is 48.6 Å². The fraction of sp³-hybridized carbons (Fsp3) is 0.346. The van der Waals surface area contributed by atoms with Gasteiger partial charge in [0.2, 0.25) is 0 Å². The summed E-state index contributed by atoms with van der Waals surface area (Å²) in [7, 11) is 0. The Morgan fingerprint density at radius 2 is 1.86 bits per heavy atom. The van der Waals surface area contributed by atoms with Crippen LogP contribution in [-0.2, 0) is 27.4 Å². The summed E-state index contributed by atoms with van der Waals surface area (Å²) in [5, 5.41) is 11.4. The van der Waals surface area contributed by atoms with E-state index in [0.29, 0.717) is 13.2 Å². The van der Waals surface area contributed by atoms with E-state index in [4.69, 9.17) is 9.47 Å². The summed E-state index contributed by atoms with van der Waals surface area (Å²) in [6, 6.07) is 7.99. The molecule has 0 saturated heterocycles. The first-order chi connectivity index (χ1) is 17.1. The summed E-state index contributed by atoms with van der Waals surface area (Å²) in [5.41, 5.74) is 5.78. The maximum atomic E-state index is 12.0. The van der Waals surface area contributed by atoms with E-state index in [2.05, 4.69) is 20.5 Å². The van der Waals surface area contributed by atoms with Gasteiger partial charge in [0.15, 0.2) is 0 Å².